The molecule has 0 spiro atoms. The van der Waals surface area contributed by atoms with Crippen molar-refractivity contribution in [3.8, 4) is 28.0 Å². The molecule has 226 valence electrons. The first kappa shape index (κ1) is 30.6. The van der Waals surface area contributed by atoms with E-state index in [9.17, 15) is 51.9 Å². The molecule has 4 aromatic carbocycles. The second kappa shape index (κ2) is 10.4. The molecule has 18 heteroatoms. The van der Waals surface area contributed by atoms with Gasteiger partial charge in [0.1, 0.15) is 20.4 Å². The van der Waals surface area contributed by atoms with Crippen molar-refractivity contribution < 1.29 is 56.6 Å². The highest BCUT2D eigenvalue weighted by Crippen LogP contribution is 2.57. The molecular weight excluding hydrogens is 651 g/mol. The van der Waals surface area contributed by atoms with Crippen molar-refractivity contribution in [2.24, 2.45) is 0 Å². The maximum Gasteiger partial charge on any atom is 0.363 e. The maximum atomic E-state index is 12.8. The van der Waals surface area contributed by atoms with Gasteiger partial charge < -0.3 is 4.74 Å². The van der Waals surface area contributed by atoms with Gasteiger partial charge in [-0.2, -0.15) is 33.7 Å². The van der Waals surface area contributed by atoms with Crippen LogP contribution in [0.3, 0.4) is 0 Å². The molecule has 5 rings (SSSR count). The molecule has 4 N–H and O–H groups in total. The van der Waals surface area contributed by atoms with Gasteiger partial charge in [-0.15, -0.1) is 0 Å². The van der Waals surface area contributed by atoms with Gasteiger partial charge in [0, 0.05) is 11.1 Å². The van der Waals surface area contributed by atoms with Crippen LogP contribution in [-0.2, 0) is 40.7 Å². The predicted molar refractivity (Wildman–Crippen MR) is 151 cm³/mol. The van der Waals surface area contributed by atoms with Gasteiger partial charge in [-0.25, -0.2) is 4.31 Å². The monoisotopic (exact) mass is 669 g/mol. The molecule has 0 amide bonds. The van der Waals surface area contributed by atoms with Crippen molar-refractivity contribution in [2.45, 2.75) is 20.9 Å². The van der Waals surface area contributed by atoms with Crippen LogP contribution in [0, 0.1) is 0 Å². The fourth-order valence-electron chi connectivity index (χ4n) is 4.74. The Bertz CT molecular complexity index is 2190. The van der Waals surface area contributed by atoms with E-state index in [2.05, 4.69) is 0 Å². The maximum absolute atomic E-state index is 12.8. The first-order valence-electron chi connectivity index (χ1n) is 11.7. The summed E-state index contributed by atoms with van der Waals surface area (Å²) < 4.78 is 148. The van der Waals surface area contributed by atoms with Gasteiger partial charge in [-0.3, -0.25) is 18.2 Å². The van der Waals surface area contributed by atoms with Crippen LogP contribution in [0.1, 0.15) is 11.8 Å². The van der Waals surface area contributed by atoms with Crippen LogP contribution < -0.4 is 9.04 Å². The summed E-state index contributed by atoms with van der Waals surface area (Å²) in [5.74, 6) is -1.25. The molecule has 0 saturated carbocycles. The molecule has 0 fully saturated rings. The van der Waals surface area contributed by atoms with Gasteiger partial charge in [-0.05, 0) is 16.7 Å². The smallest absolute Gasteiger partial charge is 0.363 e. The number of hydrogen-bond acceptors (Lipinski definition) is 9. The Hall–Kier alpha value is -3.88. The van der Waals surface area contributed by atoms with Gasteiger partial charge in [0.15, 0.2) is 5.75 Å². The summed E-state index contributed by atoms with van der Waals surface area (Å²) >= 11 is 0. The van der Waals surface area contributed by atoms with E-state index in [1.165, 1.54) is 42.5 Å². The Morgan fingerprint density at radius 1 is 0.535 bits per heavy atom. The summed E-state index contributed by atoms with van der Waals surface area (Å²) in [7, 11) is -23.1. The number of ether oxygens (including phenoxy) is 1. The molecule has 0 aliphatic carbocycles. The van der Waals surface area contributed by atoms with E-state index in [-0.39, 0.29) is 9.87 Å². The molecule has 43 heavy (non-hydrogen) atoms. The first-order chi connectivity index (χ1) is 19.9. The van der Waals surface area contributed by atoms with Gasteiger partial charge in [0.05, 0.1) is 0 Å². The average molecular weight is 670 g/mol. The van der Waals surface area contributed by atoms with E-state index in [4.69, 9.17) is 4.74 Å². The fraction of sp³-hybridized carbons (Fsp3) is 0.0400. The van der Waals surface area contributed by atoms with Crippen LogP contribution >= 0.6 is 0 Å². The molecule has 0 saturated heterocycles. The van der Waals surface area contributed by atoms with Crippen LogP contribution in [-0.4, -0.2) is 51.9 Å². The lowest BCUT2D eigenvalue weighted by atomic mass is 10.0. The zero-order chi connectivity index (χ0) is 31.5. The topological polar surface area (TPSA) is 230 Å². The number of anilines is 1. The van der Waals surface area contributed by atoms with Crippen LogP contribution in [0.2, 0.25) is 0 Å². The Balaban J connectivity index is 1.93. The zero-order valence-electron chi connectivity index (χ0n) is 21.2. The first-order valence-corrected chi connectivity index (χ1v) is 17.4. The van der Waals surface area contributed by atoms with E-state index in [0.29, 0.717) is 5.56 Å². The molecule has 0 bridgehead atoms. The third-order valence-corrected chi connectivity index (χ3v) is 10.1. The van der Waals surface area contributed by atoms with Crippen LogP contribution in [0.4, 0.5) is 5.69 Å². The predicted octanol–water partition coefficient (Wildman–Crippen LogP) is 3.46. The average Bonchev–Trinajstić information content (AvgIpc) is 3.31. The van der Waals surface area contributed by atoms with Crippen molar-refractivity contribution in [3.63, 3.8) is 0 Å². The summed E-state index contributed by atoms with van der Waals surface area (Å²) in [5.41, 5.74) is -1.84. The lowest BCUT2D eigenvalue weighted by Gasteiger charge is -2.23. The van der Waals surface area contributed by atoms with E-state index in [1.54, 1.807) is 30.3 Å². The third kappa shape index (κ3) is 5.61. The molecule has 1 aliphatic heterocycles. The normalized spacial score (nSPS) is 15.6. The fourth-order valence-corrected chi connectivity index (χ4v) is 8.75. The second-order valence-electron chi connectivity index (χ2n) is 9.06. The van der Waals surface area contributed by atoms with Gasteiger partial charge in [-0.1, -0.05) is 84.9 Å². The molecule has 1 atom stereocenters. The molecule has 1 heterocycles. The Kier molecular flexibility index (Phi) is 7.38. The van der Waals surface area contributed by atoms with Crippen molar-refractivity contribution in [1.29, 1.82) is 0 Å². The zero-order valence-corrected chi connectivity index (χ0v) is 24.5. The largest absolute Gasteiger partial charge is 0.461 e. The molecule has 0 aromatic heterocycles. The SMILES string of the molecule is O=S(=O)(O)c1c2c(c(S(=O)(=O)O)c(S(=O)(=O)O)c1-c1ccccc1)N(S(=O)(=O)O)C(c1ccc(-c3ccccc3)cc1)O2. The lowest BCUT2D eigenvalue weighted by molar-refractivity contribution is 0.236. The van der Waals surface area contributed by atoms with Gasteiger partial charge in [0.2, 0.25) is 6.23 Å². The molecule has 1 unspecified atom stereocenters. The standard InChI is InChI=1S/C25H19NO13S4/c27-40(28,29)22-19(17-9-5-2-6-10-17)23(41(30,31)32)24(42(33,34)35)20-21(22)39-25(26(20)43(36,37)38)18-13-11-16(12-14-18)15-7-3-1-4-8-15/h1-14,25H,(H,27,28,29)(H,30,31,32)(H,33,34,35)(H,36,37,38). The highest BCUT2D eigenvalue weighted by atomic mass is 32.2. The quantitative estimate of drug-likeness (QED) is 0.207. The summed E-state index contributed by atoms with van der Waals surface area (Å²) in [6.45, 7) is 0. The Morgan fingerprint density at radius 3 is 1.42 bits per heavy atom. The summed E-state index contributed by atoms with van der Waals surface area (Å²) in [6.07, 6.45) is -2.10. The Morgan fingerprint density at radius 2 is 0.977 bits per heavy atom. The molecule has 4 aromatic rings. The van der Waals surface area contributed by atoms with Crippen molar-refractivity contribution in [3.05, 3.63) is 90.5 Å². The van der Waals surface area contributed by atoms with Gasteiger partial charge >= 0.3 is 10.3 Å². The lowest BCUT2D eigenvalue weighted by Crippen LogP contribution is -2.34. The van der Waals surface area contributed by atoms with E-state index >= 15 is 0 Å². The van der Waals surface area contributed by atoms with E-state index in [0.717, 1.165) is 17.7 Å². The van der Waals surface area contributed by atoms with Crippen LogP contribution in [0.5, 0.6) is 5.75 Å². The summed E-state index contributed by atoms with van der Waals surface area (Å²) in [6, 6.07) is 20.5. The molecule has 0 radical (unpaired) electrons. The van der Waals surface area contributed by atoms with Crippen LogP contribution in [0.25, 0.3) is 22.3 Å². The van der Waals surface area contributed by atoms with Gasteiger partial charge in [0.25, 0.3) is 30.4 Å². The Labute approximate surface area is 245 Å². The molecule has 14 nitrogen and oxygen atoms in total. The number of hydrogen-bond donors (Lipinski definition) is 4. The molecular formula is C25H19NO13S4. The summed E-state index contributed by atoms with van der Waals surface area (Å²) in [5, 5.41) is 0. The highest BCUT2D eigenvalue weighted by molar-refractivity contribution is 7.90. The molecule has 1 aliphatic rings. The summed E-state index contributed by atoms with van der Waals surface area (Å²) in [4.78, 5) is -5.10. The van der Waals surface area contributed by atoms with Crippen molar-refractivity contribution in [1.82, 2.24) is 0 Å². The number of nitrogens with zero attached hydrogens (tertiary/aromatic N) is 1. The van der Waals surface area contributed by atoms with E-state index < -0.39 is 84.1 Å². The highest BCUT2D eigenvalue weighted by Gasteiger charge is 2.51. The number of rotatable bonds is 7. The number of benzene rings is 4. The van der Waals surface area contributed by atoms with E-state index in [1.807, 2.05) is 0 Å². The third-order valence-electron chi connectivity index (χ3n) is 6.35. The minimum atomic E-state index is -5.89. The number of fused-ring (bicyclic) bond motifs is 1. The second-order valence-corrected chi connectivity index (χ2v) is 14.4. The van der Waals surface area contributed by atoms with Crippen molar-refractivity contribution >= 4 is 46.3 Å². The van der Waals surface area contributed by atoms with Crippen molar-refractivity contribution in [2.75, 3.05) is 4.31 Å². The minimum absolute atomic E-state index is 0.134. The minimum Gasteiger partial charge on any atom is -0.461 e. The van der Waals surface area contributed by atoms with Crippen LogP contribution in [0.15, 0.2) is 99.6 Å².